The van der Waals surface area contributed by atoms with Crippen LogP contribution in [0.25, 0.3) is 0 Å². The molecule has 0 aromatic heterocycles. The summed E-state index contributed by atoms with van der Waals surface area (Å²) in [7, 11) is 0. The molecule has 0 N–H and O–H groups in total. The summed E-state index contributed by atoms with van der Waals surface area (Å²) >= 11 is 0. The number of amides is 1. The van der Waals surface area contributed by atoms with Gasteiger partial charge in [-0.15, -0.1) is 0 Å². The predicted molar refractivity (Wildman–Crippen MR) is 69.4 cm³/mol. The molecule has 3 nitrogen and oxygen atoms in total. The average Bonchev–Trinajstić information content (AvgIpc) is 2.67. The lowest BCUT2D eigenvalue weighted by atomic mass is 10.0. The molecule has 0 aromatic rings. The number of rotatable bonds is 6. The first-order valence-electron chi connectivity index (χ1n) is 7.40. The second kappa shape index (κ2) is 6.39. The molecule has 2 heterocycles. The zero-order valence-corrected chi connectivity index (χ0v) is 11.2. The Morgan fingerprint density at radius 3 is 2.71 bits per heavy atom. The average molecular weight is 238 g/mol. The lowest BCUT2D eigenvalue weighted by Crippen LogP contribution is -2.46. The van der Waals surface area contributed by atoms with E-state index in [1.807, 2.05) is 5.01 Å². The normalized spacial score (nSPS) is 25.4. The van der Waals surface area contributed by atoms with Gasteiger partial charge in [-0.05, 0) is 19.3 Å². The van der Waals surface area contributed by atoms with E-state index in [9.17, 15) is 4.79 Å². The third kappa shape index (κ3) is 3.21. The maximum absolute atomic E-state index is 11.8. The van der Waals surface area contributed by atoms with Gasteiger partial charge in [0.2, 0.25) is 5.91 Å². The van der Waals surface area contributed by atoms with Crippen LogP contribution in [0, 0.1) is 0 Å². The Hall–Kier alpha value is -0.570. The van der Waals surface area contributed by atoms with E-state index in [1.54, 1.807) is 0 Å². The Bertz CT molecular complexity index is 255. The molecule has 0 saturated carbocycles. The number of carbonyl (C=O) groups excluding carboxylic acids is 1. The Morgan fingerprint density at radius 1 is 1.12 bits per heavy atom. The van der Waals surface area contributed by atoms with Crippen molar-refractivity contribution in [3.8, 4) is 0 Å². The molecule has 2 rings (SSSR count). The molecular weight excluding hydrogens is 212 g/mol. The van der Waals surface area contributed by atoms with E-state index >= 15 is 0 Å². The Kier molecular flexibility index (Phi) is 4.84. The van der Waals surface area contributed by atoms with Crippen LogP contribution in [0.4, 0.5) is 0 Å². The maximum atomic E-state index is 11.8. The lowest BCUT2D eigenvalue weighted by molar-refractivity contribution is -0.141. The van der Waals surface area contributed by atoms with Crippen molar-refractivity contribution >= 4 is 5.91 Å². The van der Waals surface area contributed by atoms with Gasteiger partial charge in [0, 0.05) is 25.6 Å². The van der Waals surface area contributed by atoms with Crippen LogP contribution in [0.15, 0.2) is 0 Å². The highest BCUT2D eigenvalue weighted by Gasteiger charge is 2.38. The van der Waals surface area contributed by atoms with Crippen molar-refractivity contribution in [1.82, 2.24) is 10.0 Å². The Labute approximate surface area is 105 Å². The molecule has 2 fully saturated rings. The predicted octanol–water partition coefficient (Wildman–Crippen LogP) is 2.96. The highest BCUT2D eigenvalue weighted by Crippen LogP contribution is 2.27. The quantitative estimate of drug-likeness (QED) is 0.664. The maximum Gasteiger partial charge on any atom is 0.238 e. The van der Waals surface area contributed by atoms with E-state index in [0.29, 0.717) is 11.9 Å². The zero-order chi connectivity index (χ0) is 12.1. The van der Waals surface area contributed by atoms with Gasteiger partial charge in [-0.25, -0.2) is 5.01 Å². The molecule has 1 amide bonds. The summed E-state index contributed by atoms with van der Waals surface area (Å²) in [6, 6.07) is 0.518. The fraction of sp³-hybridized carbons (Fsp3) is 0.929. The number of nitrogens with zero attached hydrogens (tertiary/aromatic N) is 2. The summed E-state index contributed by atoms with van der Waals surface area (Å²) in [5, 5.41) is 4.37. The van der Waals surface area contributed by atoms with Crippen LogP contribution in [0.5, 0.6) is 0 Å². The summed E-state index contributed by atoms with van der Waals surface area (Å²) in [5.41, 5.74) is 0. The van der Waals surface area contributed by atoms with Gasteiger partial charge in [0.05, 0.1) is 0 Å². The molecule has 2 aliphatic heterocycles. The molecule has 0 spiro atoms. The van der Waals surface area contributed by atoms with Crippen molar-refractivity contribution < 1.29 is 4.79 Å². The lowest BCUT2D eigenvalue weighted by Gasteiger charge is -2.35. The number of unbranched alkanes of at least 4 members (excludes halogenated alkanes) is 4. The van der Waals surface area contributed by atoms with Gasteiger partial charge in [-0.3, -0.25) is 9.80 Å². The SMILES string of the molecule is CCCCCCCC1CC(=O)N2CCCCN12. The van der Waals surface area contributed by atoms with E-state index in [4.69, 9.17) is 0 Å². The van der Waals surface area contributed by atoms with Crippen LogP contribution in [0.1, 0.15) is 64.7 Å². The van der Waals surface area contributed by atoms with E-state index in [1.165, 1.54) is 51.4 Å². The summed E-state index contributed by atoms with van der Waals surface area (Å²) < 4.78 is 0. The second-order valence-corrected chi connectivity index (χ2v) is 5.45. The molecule has 2 aliphatic rings. The van der Waals surface area contributed by atoms with Gasteiger partial charge in [0.15, 0.2) is 0 Å². The van der Waals surface area contributed by atoms with Crippen LogP contribution < -0.4 is 0 Å². The van der Waals surface area contributed by atoms with E-state index in [-0.39, 0.29) is 0 Å². The smallest absolute Gasteiger partial charge is 0.238 e. The number of hydrogen-bond donors (Lipinski definition) is 0. The molecular formula is C14H26N2O. The van der Waals surface area contributed by atoms with Crippen molar-refractivity contribution in [2.24, 2.45) is 0 Å². The zero-order valence-electron chi connectivity index (χ0n) is 11.2. The van der Waals surface area contributed by atoms with Crippen molar-refractivity contribution in [3.63, 3.8) is 0 Å². The fourth-order valence-electron chi connectivity index (χ4n) is 3.08. The van der Waals surface area contributed by atoms with Gasteiger partial charge >= 0.3 is 0 Å². The van der Waals surface area contributed by atoms with Crippen LogP contribution in [0.3, 0.4) is 0 Å². The van der Waals surface area contributed by atoms with Crippen molar-refractivity contribution in [1.29, 1.82) is 0 Å². The van der Waals surface area contributed by atoms with Crippen LogP contribution in [-0.2, 0) is 4.79 Å². The minimum atomic E-state index is 0.364. The molecule has 1 atom stereocenters. The fourth-order valence-corrected chi connectivity index (χ4v) is 3.08. The summed E-state index contributed by atoms with van der Waals surface area (Å²) in [6.07, 6.45) is 11.1. The van der Waals surface area contributed by atoms with Gasteiger partial charge in [0.25, 0.3) is 0 Å². The molecule has 0 aliphatic carbocycles. The highest BCUT2D eigenvalue weighted by atomic mass is 16.2. The molecule has 98 valence electrons. The minimum absolute atomic E-state index is 0.364. The number of hydrogen-bond acceptors (Lipinski definition) is 2. The molecule has 0 aromatic carbocycles. The summed E-state index contributed by atoms with van der Waals surface area (Å²) in [6.45, 7) is 4.32. The summed E-state index contributed by atoms with van der Waals surface area (Å²) in [4.78, 5) is 11.8. The van der Waals surface area contributed by atoms with Crippen LogP contribution >= 0.6 is 0 Å². The Balaban J connectivity index is 1.71. The molecule has 17 heavy (non-hydrogen) atoms. The first kappa shape index (κ1) is 12.9. The number of hydrazine groups is 1. The molecule has 0 bridgehead atoms. The second-order valence-electron chi connectivity index (χ2n) is 5.45. The standard InChI is InChI=1S/C14H26N2O/c1-2-3-4-5-6-9-13-12-14(17)16-11-8-7-10-15(13)16/h13H,2-12H2,1H3. The van der Waals surface area contributed by atoms with Crippen LogP contribution in [-0.4, -0.2) is 35.1 Å². The van der Waals surface area contributed by atoms with Crippen molar-refractivity contribution in [2.45, 2.75) is 70.8 Å². The van der Waals surface area contributed by atoms with Gasteiger partial charge in [-0.1, -0.05) is 39.0 Å². The number of carbonyl (C=O) groups is 1. The highest BCUT2D eigenvalue weighted by molar-refractivity contribution is 5.78. The van der Waals surface area contributed by atoms with Gasteiger partial charge in [-0.2, -0.15) is 0 Å². The third-order valence-electron chi connectivity index (χ3n) is 4.08. The Morgan fingerprint density at radius 2 is 1.88 bits per heavy atom. The molecule has 3 heteroatoms. The first-order valence-corrected chi connectivity index (χ1v) is 7.40. The van der Waals surface area contributed by atoms with E-state index in [2.05, 4.69) is 11.9 Å². The monoisotopic (exact) mass is 238 g/mol. The van der Waals surface area contributed by atoms with Crippen molar-refractivity contribution in [2.75, 3.05) is 13.1 Å². The number of fused-ring (bicyclic) bond motifs is 1. The van der Waals surface area contributed by atoms with Gasteiger partial charge < -0.3 is 0 Å². The van der Waals surface area contributed by atoms with Gasteiger partial charge in [0.1, 0.15) is 0 Å². The van der Waals surface area contributed by atoms with Crippen LogP contribution in [0.2, 0.25) is 0 Å². The molecule has 0 radical (unpaired) electrons. The third-order valence-corrected chi connectivity index (χ3v) is 4.08. The van der Waals surface area contributed by atoms with Crippen molar-refractivity contribution in [3.05, 3.63) is 0 Å². The van der Waals surface area contributed by atoms with E-state index in [0.717, 1.165) is 19.5 Å². The molecule has 1 unspecified atom stereocenters. The first-order chi connectivity index (χ1) is 8.33. The van der Waals surface area contributed by atoms with E-state index < -0.39 is 0 Å². The molecule has 2 saturated heterocycles. The summed E-state index contributed by atoms with van der Waals surface area (Å²) in [5.74, 6) is 0.364. The topological polar surface area (TPSA) is 23.6 Å². The largest absolute Gasteiger partial charge is 0.275 e. The minimum Gasteiger partial charge on any atom is -0.275 e.